The summed E-state index contributed by atoms with van der Waals surface area (Å²) >= 11 is 6.17. The molecule has 0 atom stereocenters. The van der Waals surface area contributed by atoms with Crippen molar-refractivity contribution in [1.82, 2.24) is 15.0 Å². The molecule has 0 fully saturated rings. The third kappa shape index (κ3) is 9.65. The second-order valence-corrected chi connectivity index (χ2v) is 20.3. The minimum atomic E-state index is -5.14. The van der Waals surface area contributed by atoms with E-state index in [9.17, 15) is 52.4 Å². The van der Waals surface area contributed by atoms with Crippen LogP contribution >= 0.6 is 11.6 Å². The summed E-state index contributed by atoms with van der Waals surface area (Å²) < 4.78 is 129. The minimum absolute atomic E-state index is 0.0168. The van der Waals surface area contributed by atoms with Gasteiger partial charge in [-0.15, -0.1) is 15.3 Å². The Hall–Kier alpha value is -7.04. The Balaban J connectivity index is 1.25. The Morgan fingerprint density at radius 3 is 1.91 bits per heavy atom. The average Bonchev–Trinajstić information content (AvgIpc) is 3.22. The van der Waals surface area contributed by atoms with Crippen molar-refractivity contribution in [2.45, 2.75) is 33.4 Å². The van der Waals surface area contributed by atoms with E-state index in [0.29, 0.717) is 16.9 Å². The number of sulfone groups is 1. The summed E-state index contributed by atoms with van der Waals surface area (Å²) in [5, 5.41) is 33.3. The number of hydrogen-bond donors (Lipinski definition) is 7. The molecule has 0 amide bonds. The number of nitrogens with zero attached hydrogens (tertiary/aromatic N) is 7. The number of aromatic hydroxyl groups is 1. The average molecular weight is 995 g/mol. The summed E-state index contributed by atoms with van der Waals surface area (Å²) in [4.78, 5) is 10.0. The number of aryl methyl sites for hydroxylation is 2. The van der Waals surface area contributed by atoms with Gasteiger partial charge in [0.05, 0.1) is 21.7 Å². The number of rotatable bonds is 13. The summed E-state index contributed by atoms with van der Waals surface area (Å²) in [5.74, 6) is -0.820. The van der Waals surface area contributed by atoms with E-state index in [2.05, 4.69) is 52.6 Å². The van der Waals surface area contributed by atoms with Crippen LogP contribution in [0.15, 0.2) is 137 Å². The number of hydrogen-bond acceptors (Lipinski definition) is 19. The Kier molecular flexibility index (Phi) is 12.4. The fourth-order valence-corrected chi connectivity index (χ4v) is 9.65. The van der Waals surface area contributed by atoms with Crippen LogP contribution in [0.3, 0.4) is 0 Å². The van der Waals surface area contributed by atoms with Gasteiger partial charge in [-0.1, -0.05) is 36.9 Å². The van der Waals surface area contributed by atoms with Crippen molar-refractivity contribution in [3.05, 3.63) is 113 Å². The number of nitrogens with one attached hydrogen (secondary N) is 2. The molecule has 0 bridgehead atoms. The molecule has 0 unspecified atom stereocenters. The van der Waals surface area contributed by atoms with Gasteiger partial charge < -0.3 is 21.5 Å². The molecule has 66 heavy (non-hydrogen) atoms. The van der Waals surface area contributed by atoms with E-state index >= 15 is 0 Å². The summed E-state index contributed by atoms with van der Waals surface area (Å²) in [6.45, 7) is 6.40. The van der Waals surface area contributed by atoms with Gasteiger partial charge in [0.1, 0.15) is 31.7 Å². The van der Waals surface area contributed by atoms with E-state index in [0.717, 1.165) is 41.8 Å². The zero-order valence-corrected chi connectivity index (χ0v) is 37.7. The molecule has 22 nitrogen and oxygen atoms in total. The number of azo groups is 2. The van der Waals surface area contributed by atoms with Gasteiger partial charge in [0.2, 0.25) is 17.2 Å². The highest BCUT2D eigenvalue weighted by Crippen LogP contribution is 2.48. The maximum atomic E-state index is 12.7. The van der Waals surface area contributed by atoms with Crippen molar-refractivity contribution >= 4 is 125 Å². The summed E-state index contributed by atoms with van der Waals surface area (Å²) in [6.07, 6.45) is 0. The van der Waals surface area contributed by atoms with Crippen molar-refractivity contribution in [3.63, 3.8) is 0 Å². The second-order valence-electron chi connectivity index (χ2n) is 14.0. The predicted octanol–water partition coefficient (Wildman–Crippen LogP) is 8.71. The lowest BCUT2D eigenvalue weighted by Gasteiger charge is -2.14. The molecule has 6 aromatic carbocycles. The van der Waals surface area contributed by atoms with E-state index in [1.54, 1.807) is 25.1 Å². The van der Waals surface area contributed by atoms with Crippen molar-refractivity contribution in [2.24, 2.45) is 20.5 Å². The van der Waals surface area contributed by atoms with Gasteiger partial charge in [0, 0.05) is 27.6 Å². The molecule has 1 heterocycles. The number of anilines is 5. The molecule has 27 heteroatoms. The quantitative estimate of drug-likeness (QED) is 0.0322. The van der Waals surface area contributed by atoms with Crippen molar-refractivity contribution in [2.75, 3.05) is 16.4 Å². The highest BCUT2D eigenvalue weighted by molar-refractivity contribution is 7.94. The van der Waals surface area contributed by atoms with Gasteiger partial charge in [-0.05, 0) is 96.6 Å². The van der Waals surface area contributed by atoms with E-state index in [1.807, 2.05) is 0 Å². The first-order valence-electron chi connectivity index (χ1n) is 18.3. The maximum Gasteiger partial charge on any atom is 0.297 e. The second kappa shape index (κ2) is 17.4. The van der Waals surface area contributed by atoms with Crippen LogP contribution in [0.2, 0.25) is 5.28 Å². The highest BCUT2D eigenvalue weighted by Gasteiger charge is 2.26. The molecule has 0 radical (unpaired) electrons. The molecular formula is C39H31ClN10O12S4. The predicted molar refractivity (Wildman–Crippen MR) is 243 cm³/mol. The first-order chi connectivity index (χ1) is 30.8. The molecule has 0 saturated carbocycles. The Bertz CT molecular complexity index is 3740. The number of benzene rings is 6. The molecular weight excluding hydrogens is 964 g/mol. The van der Waals surface area contributed by atoms with E-state index in [1.165, 1.54) is 37.3 Å². The zero-order chi connectivity index (χ0) is 48.1. The zero-order valence-electron chi connectivity index (χ0n) is 33.6. The minimum Gasteiger partial charge on any atom is -0.505 e. The van der Waals surface area contributed by atoms with E-state index in [-0.39, 0.29) is 60.6 Å². The molecule has 340 valence electrons. The Labute approximate surface area is 379 Å². The number of nitrogens with two attached hydrogens (primary N) is 1. The highest BCUT2D eigenvalue weighted by atomic mass is 35.5. The molecule has 7 aromatic rings. The standard InChI is InChI=1S/C39H31ClN10O12S4/c1-4-63(52,53)24-8-5-7-22(17-24)42-38-44-37(40)45-39(46-38)43-23-12-11-19(2)28(18-23)48-50-34-30(65(57,58)59)16-21-15-20(3)33(35(51)31(21)32(34)41)49-47-27-14-13-25-26(36(27)66(60,61)62)9-6-10-29(25)64(54,55)56/h4-18,51H,1,41H2,2-3H3,(H,54,55,56)(H,57,58,59)(H,60,61,62)(H2,42,43,44,45,46). The number of phenols is 1. The van der Waals surface area contributed by atoms with Crippen molar-refractivity contribution in [3.8, 4) is 5.75 Å². The summed E-state index contributed by atoms with van der Waals surface area (Å²) in [7, 11) is -18.8. The van der Waals surface area contributed by atoms with Crippen LogP contribution in [-0.4, -0.2) is 67.4 Å². The number of nitrogen functional groups attached to an aromatic ring is 1. The molecule has 0 aliphatic carbocycles. The van der Waals surface area contributed by atoms with Gasteiger partial charge in [0.15, 0.2) is 15.6 Å². The lowest BCUT2D eigenvalue weighted by molar-refractivity contribution is 0.480. The third-order valence-electron chi connectivity index (χ3n) is 9.53. The Morgan fingerprint density at radius 2 is 1.27 bits per heavy atom. The van der Waals surface area contributed by atoms with Crippen LogP contribution in [-0.2, 0) is 40.2 Å². The summed E-state index contributed by atoms with van der Waals surface area (Å²) in [5.41, 5.74) is 5.94. The van der Waals surface area contributed by atoms with Crippen LogP contribution in [0, 0.1) is 13.8 Å². The first-order valence-corrected chi connectivity index (χ1v) is 24.5. The lowest BCUT2D eigenvalue weighted by Crippen LogP contribution is -2.04. The monoisotopic (exact) mass is 994 g/mol. The number of phenolic OH excluding ortho intramolecular Hbond substituents is 1. The fraction of sp³-hybridized carbons (Fsp3) is 0.0513. The number of halogens is 1. The van der Waals surface area contributed by atoms with Gasteiger partial charge >= 0.3 is 0 Å². The number of aromatic nitrogens is 3. The molecule has 7 rings (SSSR count). The van der Waals surface area contributed by atoms with Gasteiger partial charge in [0.25, 0.3) is 30.4 Å². The summed E-state index contributed by atoms with van der Waals surface area (Å²) in [6, 6.07) is 18.2. The number of fused-ring (bicyclic) bond motifs is 2. The maximum absolute atomic E-state index is 12.7. The van der Waals surface area contributed by atoms with Gasteiger partial charge in [-0.25, -0.2) is 8.42 Å². The van der Waals surface area contributed by atoms with Crippen molar-refractivity contribution < 1.29 is 52.4 Å². The smallest absolute Gasteiger partial charge is 0.297 e. The Morgan fingerprint density at radius 1 is 0.652 bits per heavy atom. The van der Waals surface area contributed by atoms with E-state index in [4.69, 9.17) is 17.3 Å². The molecule has 8 N–H and O–H groups in total. The molecule has 0 saturated heterocycles. The molecule has 0 aliphatic rings. The van der Waals surface area contributed by atoms with Crippen LogP contribution in [0.4, 0.5) is 51.7 Å². The van der Waals surface area contributed by atoms with Crippen LogP contribution in [0.5, 0.6) is 5.75 Å². The van der Waals surface area contributed by atoms with Crippen LogP contribution < -0.4 is 16.4 Å². The van der Waals surface area contributed by atoms with Gasteiger partial charge in [-0.2, -0.15) is 45.3 Å². The van der Waals surface area contributed by atoms with Crippen LogP contribution in [0.25, 0.3) is 21.5 Å². The van der Waals surface area contributed by atoms with E-state index < -0.39 is 77.7 Å². The normalized spacial score (nSPS) is 12.6. The fourth-order valence-electron chi connectivity index (χ4n) is 6.53. The molecule has 0 spiro atoms. The third-order valence-corrected chi connectivity index (χ3v) is 13.8. The molecule has 0 aliphatic heterocycles. The molecule has 1 aromatic heterocycles. The first kappa shape index (κ1) is 46.9. The van der Waals surface area contributed by atoms with Gasteiger partial charge in [-0.3, -0.25) is 13.7 Å². The van der Waals surface area contributed by atoms with Crippen LogP contribution in [0.1, 0.15) is 11.1 Å². The topological polar surface area (TPSA) is 356 Å². The largest absolute Gasteiger partial charge is 0.505 e. The lowest BCUT2D eigenvalue weighted by atomic mass is 10.0. The SMILES string of the molecule is C=CS(=O)(=O)c1cccc(Nc2nc(Cl)nc(Nc3ccc(C)c(N=Nc4c(S(=O)(=O)O)cc5cc(C)c(N=Nc6ccc7c(S(=O)(=O)O)cccc7c6S(=O)(=O)O)c(O)c5c4N)c3)n2)c1. The van der Waals surface area contributed by atoms with Crippen molar-refractivity contribution in [1.29, 1.82) is 0 Å².